The molecule has 2 aliphatic heterocycles. The van der Waals surface area contributed by atoms with Gasteiger partial charge in [-0.1, -0.05) is 13.8 Å². The highest BCUT2D eigenvalue weighted by molar-refractivity contribution is 8.06. The molecular formula is C13H19N3S2. The highest BCUT2D eigenvalue weighted by Crippen LogP contribution is 2.36. The lowest BCUT2D eigenvalue weighted by molar-refractivity contribution is 0.745. The van der Waals surface area contributed by atoms with Crippen molar-refractivity contribution in [3.05, 3.63) is 22.8 Å². The largest absolute Gasteiger partial charge is 0.307 e. The monoisotopic (exact) mass is 281 g/mol. The van der Waals surface area contributed by atoms with E-state index in [0.29, 0.717) is 11.2 Å². The molecule has 0 aromatic carbocycles. The molecule has 1 unspecified atom stereocenters. The maximum Gasteiger partial charge on any atom is 0.142 e. The van der Waals surface area contributed by atoms with Gasteiger partial charge in [0.2, 0.25) is 0 Å². The van der Waals surface area contributed by atoms with E-state index >= 15 is 0 Å². The van der Waals surface area contributed by atoms with Gasteiger partial charge in [0.1, 0.15) is 5.82 Å². The van der Waals surface area contributed by atoms with Gasteiger partial charge in [-0.25, -0.2) is 9.97 Å². The first-order valence-corrected chi connectivity index (χ1v) is 8.75. The molecular weight excluding hydrogens is 262 g/mol. The van der Waals surface area contributed by atoms with Crippen molar-refractivity contribution in [3.8, 4) is 0 Å². The minimum Gasteiger partial charge on any atom is -0.307 e. The van der Waals surface area contributed by atoms with Crippen molar-refractivity contribution in [2.75, 3.05) is 17.3 Å². The number of thioether (sulfide) groups is 2. The lowest BCUT2D eigenvalue weighted by atomic mass is 10.0. The summed E-state index contributed by atoms with van der Waals surface area (Å²) in [5, 5.41) is 3.89. The minimum atomic E-state index is 0.488. The van der Waals surface area contributed by atoms with Crippen molar-refractivity contribution in [1.82, 2.24) is 15.3 Å². The maximum atomic E-state index is 4.88. The molecule has 2 aliphatic rings. The van der Waals surface area contributed by atoms with Crippen molar-refractivity contribution in [2.45, 2.75) is 38.1 Å². The van der Waals surface area contributed by atoms with Crippen molar-refractivity contribution in [3.63, 3.8) is 0 Å². The molecule has 0 spiro atoms. The number of rotatable bonds is 2. The van der Waals surface area contributed by atoms with Crippen LogP contribution in [0.3, 0.4) is 0 Å². The Balaban J connectivity index is 1.97. The Labute approximate surface area is 117 Å². The van der Waals surface area contributed by atoms with Crippen LogP contribution in [-0.2, 0) is 13.1 Å². The van der Waals surface area contributed by atoms with E-state index < -0.39 is 0 Å². The summed E-state index contributed by atoms with van der Waals surface area (Å²) >= 11 is 4.04. The van der Waals surface area contributed by atoms with E-state index in [2.05, 4.69) is 19.2 Å². The molecule has 3 nitrogen and oxygen atoms in total. The molecule has 1 saturated heterocycles. The molecule has 0 radical (unpaired) electrons. The normalized spacial score (nSPS) is 23.4. The van der Waals surface area contributed by atoms with E-state index in [1.165, 1.54) is 28.5 Å². The number of nitrogens with one attached hydrogen (secondary N) is 1. The van der Waals surface area contributed by atoms with Crippen molar-refractivity contribution >= 4 is 23.5 Å². The van der Waals surface area contributed by atoms with Gasteiger partial charge in [-0.3, -0.25) is 0 Å². The van der Waals surface area contributed by atoms with Crippen LogP contribution in [0.15, 0.2) is 0 Å². The van der Waals surface area contributed by atoms with E-state index in [0.717, 1.165) is 24.7 Å². The van der Waals surface area contributed by atoms with Crippen LogP contribution in [0.4, 0.5) is 0 Å². The molecule has 5 heteroatoms. The first-order chi connectivity index (χ1) is 8.75. The Kier molecular flexibility index (Phi) is 3.82. The predicted octanol–water partition coefficient (Wildman–Crippen LogP) is 2.72. The fraction of sp³-hybridized carbons (Fsp3) is 0.692. The molecule has 0 saturated carbocycles. The van der Waals surface area contributed by atoms with Gasteiger partial charge in [0.25, 0.3) is 0 Å². The number of aromatic nitrogens is 2. The van der Waals surface area contributed by atoms with E-state index in [1.54, 1.807) is 0 Å². The highest BCUT2D eigenvalue weighted by atomic mass is 32.2. The smallest absolute Gasteiger partial charge is 0.142 e. The first kappa shape index (κ1) is 12.8. The van der Waals surface area contributed by atoms with Crippen LogP contribution >= 0.6 is 23.5 Å². The number of fused-ring (bicyclic) bond motifs is 1. The number of hydrogen-bond acceptors (Lipinski definition) is 5. The molecule has 1 fully saturated rings. The summed E-state index contributed by atoms with van der Waals surface area (Å²) < 4.78 is 0. The molecule has 1 aromatic rings. The molecule has 18 heavy (non-hydrogen) atoms. The Morgan fingerprint density at radius 2 is 2.11 bits per heavy atom. The van der Waals surface area contributed by atoms with E-state index in [-0.39, 0.29) is 0 Å². The first-order valence-electron chi connectivity index (χ1n) is 6.55. The standard InChI is InChI=1S/C13H19N3S2/c1-8(2)12-9-5-14-6-10(9)15-13(16-12)11-7-17-3-4-18-11/h8,11,14H,3-7H2,1-2H3. The van der Waals surface area contributed by atoms with E-state index in [9.17, 15) is 0 Å². The van der Waals surface area contributed by atoms with Crippen molar-refractivity contribution in [1.29, 1.82) is 0 Å². The second kappa shape index (κ2) is 5.39. The molecule has 98 valence electrons. The van der Waals surface area contributed by atoms with Crippen LogP contribution in [0.1, 0.15) is 47.8 Å². The van der Waals surface area contributed by atoms with Gasteiger partial charge in [-0.05, 0) is 5.92 Å². The molecule has 1 atom stereocenters. The second-order valence-corrected chi connectivity index (χ2v) is 7.55. The number of hydrogen-bond donors (Lipinski definition) is 1. The molecule has 3 rings (SSSR count). The molecule has 3 heterocycles. The maximum absolute atomic E-state index is 4.88. The average molecular weight is 281 g/mol. The van der Waals surface area contributed by atoms with E-state index in [1.807, 2.05) is 23.5 Å². The van der Waals surface area contributed by atoms with Crippen LogP contribution in [0.2, 0.25) is 0 Å². The topological polar surface area (TPSA) is 37.8 Å². The Hall–Kier alpha value is -0.260. The molecule has 1 aromatic heterocycles. The zero-order valence-corrected chi connectivity index (χ0v) is 12.5. The summed E-state index contributed by atoms with van der Waals surface area (Å²) in [7, 11) is 0. The van der Waals surface area contributed by atoms with Crippen LogP contribution < -0.4 is 5.32 Å². The third-order valence-corrected chi connectivity index (χ3v) is 6.14. The predicted molar refractivity (Wildman–Crippen MR) is 79.2 cm³/mol. The number of nitrogens with zero attached hydrogens (tertiary/aromatic N) is 2. The summed E-state index contributed by atoms with van der Waals surface area (Å²) in [6.45, 7) is 6.31. The molecule has 0 bridgehead atoms. The van der Waals surface area contributed by atoms with Gasteiger partial charge in [-0.15, -0.1) is 11.8 Å². The second-order valence-electron chi connectivity index (χ2n) is 5.08. The van der Waals surface area contributed by atoms with Gasteiger partial charge in [-0.2, -0.15) is 11.8 Å². The quantitative estimate of drug-likeness (QED) is 0.902. The zero-order chi connectivity index (χ0) is 12.5. The van der Waals surface area contributed by atoms with Gasteiger partial charge in [0, 0.05) is 35.9 Å². The van der Waals surface area contributed by atoms with Crippen LogP contribution in [0, 0.1) is 0 Å². The average Bonchev–Trinajstić information content (AvgIpc) is 2.86. The fourth-order valence-electron chi connectivity index (χ4n) is 2.47. The molecule has 0 aliphatic carbocycles. The lowest BCUT2D eigenvalue weighted by Crippen LogP contribution is -2.14. The lowest BCUT2D eigenvalue weighted by Gasteiger charge is -2.21. The SMILES string of the molecule is CC(C)c1nc(C2CSCCS2)nc2c1CNC2. The third-order valence-electron chi connectivity index (χ3n) is 3.39. The minimum absolute atomic E-state index is 0.488. The molecule has 0 amide bonds. The van der Waals surface area contributed by atoms with Crippen molar-refractivity contribution in [2.24, 2.45) is 0 Å². The molecule has 1 N–H and O–H groups in total. The summed E-state index contributed by atoms with van der Waals surface area (Å²) in [6.07, 6.45) is 0. The van der Waals surface area contributed by atoms with Gasteiger partial charge in [0.15, 0.2) is 0 Å². The van der Waals surface area contributed by atoms with Gasteiger partial charge in [0.05, 0.1) is 16.6 Å². The van der Waals surface area contributed by atoms with E-state index in [4.69, 9.17) is 9.97 Å². The summed E-state index contributed by atoms with van der Waals surface area (Å²) in [4.78, 5) is 9.69. The highest BCUT2D eigenvalue weighted by Gasteiger charge is 2.25. The van der Waals surface area contributed by atoms with Crippen molar-refractivity contribution < 1.29 is 0 Å². The Bertz CT molecular complexity index is 442. The van der Waals surface area contributed by atoms with Crippen LogP contribution in [-0.4, -0.2) is 27.2 Å². The Morgan fingerprint density at radius 3 is 2.83 bits per heavy atom. The fourth-order valence-corrected chi connectivity index (χ4v) is 5.07. The van der Waals surface area contributed by atoms with Crippen LogP contribution in [0.25, 0.3) is 0 Å². The summed E-state index contributed by atoms with van der Waals surface area (Å²) in [5.41, 5.74) is 3.85. The zero-order valence-electron chi connectivity index (χ0n) is 10.9. The van der Waals surface area contributed by atoms with Gasteiger partial charge >= 0.3 is 0 Å². The third kappa shape index (κ3) is 2.40. The Morgan fingerprint density at radius 1 is 1.22 bits per heavy atom. The van der Waals surface area contributed by atoms with Crippen LogP contribution in [0.5, 0.6) is 0 Å². The summed E-state index contributed by atoms with van der Waals surface area (Å²) in [5.74, 6) is 5.21. The summed E-state index contributed by atoms with van der Waals surface area (Å²) in [6, 6.07) is 0. The van der Waals surface area contributed by atoms with Gasteiger partial charge < -0.3 is 5.32 Å².